The molecule has 38 heavy (non-hydrogen) atoms. The minimum absolute atomic E-state index is 0.0441. The first-order valence-electron chi connectivity index (χ1n) is 13.3. The van der Waals surface area contributed by atoms with E-state index in [0.717, 1.165) is 47.0 Å². The summed E-state index contributed by atoms with van der Waals surface area (Å²) in [4.78, 5) is 37.8. The molecule has 0 atom stereocenters. The van der Waals surface area contributed by atoms with Crippen LogP contribution in [0.3, 0.4) is 0 Å². The molecule has 202 valence electrons. The Labute approximate surface area is 230 Å². The highest BCUT2D eigenvalue weighted by Gasteiger charge is 2.26. The second-order valence-corrected chi connectivity index (χ2v) is 11.1. The normalized spacial score (nSPS) is 15.2. The van der Waals surface area contributed by atoms with Crippen LogP contribution in [0, 0.1) is 13.8 Å². The van der Waals surface area contributed by atoms with E-state index < -0.39 is 0 Å². The van der Waals surface area contributed by atoms with Crippen LogP contribution in [0.5, 0.6) is 5.75 Å². The van der Waals surface area contributed by atoms with Crippen LogP contribution < -0.4 is 9.64 Å². The summed E-state index contributed by atoms with van der Waals surface area (Å²) in [5.74, 6) is 0.635. The highest BCUT2D eigenvalue weighted by Crippen LogP contribution is 2.28. The van der Waals surface area contributed by atoms with Gasteiger partial charge >= 0.3 is 0 Å². The van der Waals surface area contributed by atoms with Gasteiger partial charge in [-0.1, -0.05) is 36.4 Å². The number of para-hydroxylation sites is 2. The molecule has 0 saturated heterocycles. The van der Waals surface area contributed by atoms with E-state index in [1.165, 1.54) is 0 Å². The maximum Gasteiger partial charge on any atom is 0.264 e. The van der Waals surface area contributed by atoms with E-state index >= 15 is 0 Å². The highest BCUT2D eigenvalue weighted by atomic mass is 32.1. The van der Waals surface area contributed by atoms with Crippen molar-refractivity contribution >= 4 is 28.8 Å². The first-order chi connectivity index (χ1) is 18.3. The van der Waals surface area contributed by atoms with Crippen molar-refractivity contribution in [1.82, 2.24) is 14.8 Å². The highest BCUT2D eigenvalue weighted by molar-refractivity contribution is 7.09. The van der Waals surface area contributed by atoms with Gasteiger partial charge < -0.3 is 14.5 Å². The Morgan fingerprint density at radius 2 is 1.76 bits per heavy atom. The molecule has 0 bridgehead atoms. The lowest BCUT2D eigenvalue weighted by molar-refractivity contribution is -0.131. The van der Waals surface area contributed by atoms with Crippen molar-refractivity contribution in [3.8, 4) is 5.75 Å². The first-order valence-corrected chi connectivity index (χ1v) is 14.2. The Bertz CT molecular complexity index is 1230. The van der Waals surface area contributed by atoms with Crippen molar-refractivity contribution < 1.29 is 14.3 Å². The zero-order chi connectivity index (χ0) is 27.1. The fourth-order valence-corrected chi connectivity index (χ4v) is 5.51. The lowest BCUT2D eigenvalue weighted by Gasteiger charge is -2.30. The average Bonchev–Trinajstić information content (AvgIpc) is 3.29. The maximum atomic E-state index is 13.6. The van der Waals surface area contributed by atoms with Gasteiger partial charge in [-0.2, -0.15) is 0 Å². The molecule has 0 radical (unpaired) electrons. The van der Waals surface area contributed by atoms with Crippen LogP contribution in [0.15, 0.2) is 53.9 Å². The van der Waals surface area contributed by atoms with Crippen LogP contribution in [0.1, 0.15) is 42.1 Å². The summed E-state index contributed by atoms with van der Waals surface area (Å²) in [5, 5.41) is 2.93. The number of thiazole rings is 1. The number of rotatable bonds is 6. The summed E-state index contributed by atoms with van der Waals surface area (Å²) >= 11 is 1.56. The van der Waals surface area contributed by atoms with E-state index in [2.05, 4.69) is 23.7 Å². The number of carbonyl (C=O) groups is 2. The van der Waals surface area contributed by atoms with Crippen molar-refractivity contribution in [2.24, 2.45) is 0 Å². The number of ether oxygens (including phenoxy) is 1. The smallest absolute Gasteiger partial charge is 0.264 e. The van der Waals surface area contributed by atoms with Gasteiger partial charge in [0.1, 0.15) is 5.75 Å². The lowest BCUT2D eigenvalue weighted by atomic mass is 10.0. The standard InChI is InChI=1S/C30H38N4O3S/c1-22(2)32-14-9-15-34(29(36)20-37-27-12-6-5-7-13-27)30-23(3)10-8-11-25(30)19-33(17-16-32)28(35)18-26-21-38-24(4)31-26/h5-8,10-13,21-22H,9,14-20H2,1-4H3. The number of aryl methyl sites for hydroxylation is 2. The van der Waals surface area contributed by atoms with Crippen LogP contribution in [0.4, 0.5) is 5.69 Å². The molecule has 2 amide bonds. The van der Waals surface area contributed by atoms with Gasteiger partial charge in [0.15, 0.2) is 6.61 Å². The van der Waals surface area contributed by atoms with Gasteiger partial charge in [-0.3, -0.25) is 14.5 Å². The van der Waals surface area contributed by atoms with E-state index in [0.29, 0.717) is 31.4 Å². The summed E-state index contributed by atoms with van der Waals surface area (Å²) in [6.45, 7) is 11.6. The largest absolute Gasteiger partial charge is 0.484 e. The van der Waals surface area contributed by atoms with Gasteiger partial charge in [-0.05, 0) is 57.4 Å². The number of nitrogens with zero attached hydrogens (tertiary/aromatic N) is 4. The van der Waals surface area contributed by atoms with Crippen LogP contribution in [0.2, 0.25) is 0 Å². The fourth-order valence-electron chi connectivity index (χ4n) is 4.90. The van der Waals surface area contributed by atoms with Gasteiger partial charge in [0.25, 0.3) is 5.91 Å². The molecule has 4 rings (SSSR count). The molecule has 7 nitrogen and oxygen atoms in total. The predicted molar refractivity (Wildman–Crippen MR) is 153 cm³/mol. The summed E-state index contributed by atoms with van der Waals surface area (Å²) < 4.78 is 5.84. The van der Waals surface area contributed by atoms with E-state index in [1.54, 1.807) is 11.3 Å². The number of hydrogen-bond acceptors (Lipinski definition) is 6. The van der Waals surface area contributed by atoms with Crippen molar-refractivity contribution in [3.05, 3.63) is 75.7 Å². The minimum Gasteiger partial charge on any atom is -0.484 e. The molecule has 1 aromatic heterocycles. The number of amides is 2. The molecule has 0 spiro atoms. The molecule has 0 saturated carbocycles. The third kappa shape index (κ3) is 7.20. The molecular formula is C30H38N4O3S. The number of fused-ring (bicyclic) bond motifs is 1. The molecule has 0 N–H and O–H groups in total. The topological polar surface area (TPSA) is 66.0 Å². The minimum atomic E-state index is -0.0874. The summed E-state index contributed by atoms with van der Waals surface area (Å²) in [7, 11) is 0. The van der Waals surface area contributed by atoms with Crippen molar-refractivity contribution in [2.75, 3.05) is 37.7 Å². The fraction of sp³-hybridized carbons (Fsp3) is 0.433. The second kappa shape index (κ2) is 13.0. The molecule has 0 fully saturated rings. The zero-order valence-electron chi connectivity index (χ0n) is 22.9. The first kappa shape index (κ1) is 27.8. The van der Waals surface area contributed by atoms with Crippen molar-refractivity contribution in [3.63, 3.8) is 0 Å². The summed E-state index contributed by atoms with van der Waals surface area (Å²) in [6.07, 6.45) is 1.11. The number of benzene rings is 2. The van der Waals surface area contributed by atoms with Gasteiger partial charge in [0.05, 0.1) is 22.8 Å². The Balaban J connectivity index is 1.64. The number of carbonyl (C=O) groups excluding carboxylic acids is 2. The predicted octanol–water partition coefficient (Wildman–Crippen LogP) is 4.86. The lowest BCUT2D eigenvalue weighted by Crippen LogP contribution is -2.42. The number of aromatic nitrogens is 1. The van der Waals surface area contributed by atoms with Crippen LogP contribution in [-0.2, 0) is 22.6 Å². The monoisotopic (exact) mass is 534 g/mol. The zero-order valence-corrected chi connectivity index (χ0v) is 23.7. The Hall–Kier alpha value is -3.23. The number of anilines is 1. The van der Waals surface area contributed by atoms with E-state index in [4.69, 9.17) is 4.74 Å². The van der Waals surface area contributed by atoms with Gasteiger partial charge in [0, 0.05) is 44.1 Å². The Kier molecular flexibility index (Phi) is 9.53. The van der Waals surface area contributed by atoms with Crippen LogP contribution in [-0.4, -0.2) is 65.4 Å². The molecule has 2 aromatic carbocycles. The molecule has 8 heteroatoms. The second-order valence-electron chi connectivity index (χ2n) is 10.1. The van der Waals surface area contributed by atoms with Crippen LogP contribution in [0.25, 0.3) is 0 Å². The van der Waals surface area contributed by atoms with E-state index in [1.807, 2.05) is 77.6 Å². The molecule has 3 aromatic rings. The summed E-state index contributed by atoms with van der Waals surface area (Å²) in [6, 6.07) is 15.8. The van der Waals surface area contributed by atoms with E-state index in [9.17, 15) is 9.59 Å². The van der Waals surface area contributed by atoms with Gasteiger partial charge in [-0.15, -0.1) is 11.3 Å². The number of hydrogen-bond donors (Lipinski definition) is 0. The van der Waals surface area contributed by atoms with E-state index in [-0.39, 0.29) is 24.8 Å². The van der Waals surface area contributed by atoms with Crippen molar-refractivity contribution in [2.45, 2.75) is 53.1 Å². The van der Waals surface area contributed by atoms with Gasteiger partial charge in [-0.25, -0.2) is 4.98 Å². The SMILES string of the molecule is Cc1nc(CC(=O)N2CCN(C(C)C)CCCN(C(=O)COc3ccccc3)c3c(C)cccc3C2)cs1. The maximum absolute atomic E-state index is 13.6. The molecular weight excluding hydrogens is 496 g/mol. The molecule has 0 aliphatic carbocycles. The van der Waals surface area contributed by atoms with Crippen molar-refractivity contribution in [1.29, 1.82) is 0 Å². The summed E-state index contributed by atoms with van der Waals surface area (Å²) in [5.41, 5.74) is 3.68. The quantitative estimate of drug-likeness (QED) is 0.452. The Morgan fingerprint density at radius 1 is 0.974 bits per heavy atom. The molecule has 0 unspecified atom stereocenters. The van der Waals surface area contributed by atoms with Crippen LogP contribution >= 0.6 is 11.3 Å². The molecule has 1 aliphatic heterocycles. The third-order valence-corrected chi connectivity index (χ3v) is 7.75. The molecule has 2 heterocycles. The Morgan fingerprint density at radius 3 is 2.47 bits per heavy atom. The molecule has 1 aliphatic rings. The average molecular weight is 535 g/mol. The third-order valence-electron chi connectivity index (χ3n) is 6.93. The van der Waals surface area contributed by atoms with Gasteiger partial charge in [0.2, 0.25) is 5.91 Å².